The predicted molar refractivity (Wildman–Crippen MR) is 190 cm³/mol. The maximum atomic E-state index is 12.5. The number of unbranched alkanes of at least 4 members (excludes halogenated alkanes) is 1. The minimum absolute atomic E-state index is 0.0305. The number of hydrogen-bond donors (Lipinski definition) is 3. The van der Waals surface area contributed by atoms with Crippen LogP contribution in [0.1, 0.15) is 57.9 Å². The zero-order chi connectivity index (χ0) is 32.7. The number of carbonyl (C=O) groups excluding carboxylic acids is 2. The molecule has 3 unspecified atom stereocenters. The number of thioether (sulfide) groups is 1. The summed E-state index contributed by atoms with van der Waals surface area (Å²) in [6.45, 7) is 17.4. The third-order valence-electron chi connectivity index (χ3n) is 9.49. The molecule has 3 N–H and O–H groups in total. The van der Waals surface area contributed by atoms with Crippen LogP contribution in [0.25, 0.3) is 0 Å². The van der Waals surface area contributed by atoms with Crippen molar-refractivity contribution in [2.75, 3.05) is 91.9 Å². The van der Waals surface area contributed by atoms with Gasteiger partial charge in [0.05, 0.1) is 19.2 Å². The number of hydrogen-bond acceptors (Lipinski definition) is 8. The molecule has 3 heterocycles. The van der Waals surface area contributed by atoms with Gasteiger partial charge in [0.25, 0.3) is 0 Å². The van der Waals surface area contributed by atoms with E-state index in [1.54, 1.807) is 7.11 Å². The lowest BCUT2D eigenvalue weighted by atomic mass is 10.0. The van der Waals surface area contributed by atoms with Gasteiger partial charge >= 0.3 is 6.03 Å². The summed E-state index contributed by atoms with van der Waals surface area (Å²) in [4.78, 5) is 34.3. The molecule has 3 aliphatic rings. The molecule has 3 amide bonds. The normalized spacial score (nSPS) is 22.0. The second-order valence-electron chi connectivity index (χ2n) is 13.9. The van der Waals surface area contributed by atoms with Gasteiger partial charge < -0.3 is 40.3 Å². The standard InChI is InChI=1S/C35H61N7O3S/c1-28(2)25-42(20-15-36-33(43)10-6-5-9-32-34-31(27-46-32)37-35(44)38-34)19-8-18-41-23-21-40(22-24-41)17-7-16-39(3)26-29-11-13-30(45-4)14-12-29/h11-14,28,31-32,34H,5-10,15-27H2,1-4H3,(H,36,43)(H2,37,38,44). The number of urea groups is 1. The van der Waals surface area contributed by atoms with Crippen molar-refractivity contribution in [1.29, 1.82) is 0 Å². The van der Waals surface area contributed by atoms with Gasteiger partial charge in [-0.25, -0.2) is 4.79 Å². The molecular weight excluding hydrogens is 598 g/mol. The fourth-order valence-corrected chi connectivity index (χ4v) is 8.51. The van der Waals surface area contributed by atoms with Crippen LogP contribution >= 0.6 is 11.8 Å². The molecule has 0 radical (unpaired) electrons. The average molecular weight is 660 g/mol. The average Bonchev–Trinajstić information content (AvgIpc) is 3.59. The highest BCUT2D eigenvalue weighted by atomic mass is 32.2. The smallest absolute Gasteiger partial charge is 0.315 e. The van der Waals surface area contributed by atoms with Gasteiger partial charge in [-0.3, -0.25) is 4.79 Å². The van der Waals surface area contributed by atoms with Crippen LogP contribution in [0, 0.1) is 5.92 Å². The fraction of sp³-hybridized carbons (Fsp3) is 0.771. The molecule has 0 aliphatic carbocycles. The number of ether oxygens (including phenoxy) is 1. The Hall–Kier alpha value is -2.05. The van der Waals surface area contributed by atoms with E-state index in [1.165, 1.54) is 24.9 Å². The van der Waals surface area contributed by atoms with Crippen molar-refractivity contribution in [2.45, 2.75) is 76.3 Å². The highest BCUT2D eigenvalue weighted by molar-refractivity contribution is 8.00. The van der Waals surface area contributed by atoms with Crippen molar-refractivity contribution in [3.05, 3.63) is 29.8 Å². The van der Waals surface area contributed by atoms with Gasteiger partial charge in [0.2, 0.25) is 5.91 Å². The summed E-state index contributed by atoms with van der Waals surface area (Å²) < 4.78 is 5.27. The van der Waals surface area contributed by atoms with E-state index in [4.69, 9.17) is 4.74 Å². The largest absolute Gasteiger partial charge is 0.497 e. The van der Waals surface area contributed by atoms with Gasteiger partial charge in [-0.1, -0.05) is 32.4 Å². The van der Waals surface area contributed by atoms with Crippen LogP contribution in [-0.2, 0) is 11.3 Å². The molecule has 3 fully saturated rings. The number of nitrogens with one attached hydrogen (secondary N) is 3. The Morgan fingerprint density at radius 2 is 1.70 bits per heavy atom. The molecule has 0 aromatic heterocycles. The van der Waals surface area contributed by atoms with E-state index < -0.39 is 0 Å². The van der Waals surface area contributed by atoms with Crippen molar-refractivity contribution in [1.82, 2.24) is 35.6 Å². The molecule has 260 valence electrons. The molecule has 4 rings (SSSR count). The molecule has 3 atom stereocenters. The lowest BCUT2D eigenvalue weighted by Gasteiger charge is -2.35. The first-order valence-electron chi connectivity index (χ1n) is 17.7. The molecular formula is C35H61N7O3S. The number of amides is 3. The Bertz CT molecular complexity index is 1040. The van der Waals surface area contributed by atoms with Crippen LogP contribution in [0.5, 0.6) is 5.75 Å². The monoisotopic (exact) mass is 659 g/mol. The summed E-state index contributed by atoms with van der Waals surface area (Å²) in [5.41, 5.74) is 1.33. The first-order chi connectivity index (χ1) is 22.3. The molecule has 46 heavy (non-hydrogen) atoms. The number of piperazine rings is 1. The zero-order valence-corrected chi connectivity index (χ0v) is 29.8. The second kappa shape index (κ2) is 19.7. The minimum atomic E-state index is -0.0305. The van der Waals surface area contributed by atoms with Crippen molar-refractivity contribution >= 4 is 23.7 Å². The Kier molecular flexibility index (Phi) is 15.7. The molecule has 11 heteroatoms. The van der Waals surface area contributed by atoms with Gasteiger partial charge in [-0.15, -0.1) is 0 Å². The highest BCUT2D eigenvalue weighted by Gasteiger charge is 2.42. The van der Waals surface area contributed by atoms with E-state index in [0.717, 1.165) is 103 Å². The van der Waals surface area contributed by atoms with Crippen LogP contribution in [-0.4, -0.2) is 141 Å². The van der Waals surface area contributed by atoms with Crippen molar-refractivity contribution in [3.63, 3.8) is 0 Å². The van der Waals surface area contributed by atoms with Crippen LogP contribution in [0.2, 0.25) is 0 Å². The van der Waals surface area contributed by atoms with Crippen LogP contribution < -0.4 is 20.7 Å². The molecule has 0 saturated carbocycles. The van der Waals surface area contributed by atoms with E-state index >= 15 is 0 Å². The highest BCUT2D eigenvalue weighted by Crippen LogP contribution is 2.33. The number of methoxy groups -OCH3 is 1. The maximum Gasteiger partial charge on any atom is 0.315 e. The quantitative estimate of drug-likeness (QED) is 0.137. The van der Waals surface area contributed by atoms with Gasteiger partial charge in [0.15, 0.2) is 0 Å². The van der Waals surface area contributed by atoms with Gasteiger partial charge in [-0.2, -0.15) is 11.8 Å². The summed E-state index contributed by atoms with van der Waals surface area (Å²) in [5, 5.41) is 9.69. The fourth-order valence-electron chi connectivity index (χ4n) is 6.97. The van der Waals surface area contributed by atoms with E-state index in [9.17, 15) is 9.59 Å². The maximum absolute atomic E-state index is 12.5. The number of carbonyl (C=O) groups is 2. The first-order valence-corrected chi connectivity index (χ1v) is 18.8. The summed E-state index contributed by atoms with van der Waals surface area (Å²) in [6, 6.07) is 8.88. The SMILES string of the molecule is COc1ccc(CN(C)CCCN2CCN(CCCN(CCNC(=O)CCCCC3SCC4NC(=O)NC43)CC(C)C)CC2)cc1. The number of benzene rings is 1. The molecule has 10 nitrogen and oxygen atoms in total. The summed E-state index contributed by atoms with van der Waals surface area (Å²) >= 11 is 1.94. The van der Waals surface area contributed by atoms with E-state index in [1.807, 2.05) is 23.9 Å². The summed E-state index contributed by atoms with van der Waals surface area (Å²) in [7, 11) is 3.92. The zero-order valence-electron chi connectivity index (χ0n) is 29.0. The molecule has 3 saturated heterocycles. The predicted octanol–water partition coefficient (Wildman–Crippen LogP) is 3.32. The lowest BCUT2D eigenvalue weighted by molar-refractivity contribution is -0.121. The van der Waals surface area contributed by atoms with E-state index in [2.05, 4.69) is 68.6 Å². The first kappa shape index (κ1) is 36.8. The van der Waals surface area contributed by atoms with Crippen LogP contribution in [0.15, 0.2) is 24.3 Å². The van der Waals surface area contributed by atoms with Crippen molar-refractivity contribution < 1.29 is 14.3 Å². The molecule has 0 spiro atoms. The Balaban J connectivity index is 1.01. The number of fused-ring (bicyclic) bond motifs is 1. The van der Waals surface area contributed by atoms with Gasteiger partial charge in [0.1, 0.15) is 5.75 Å². The molecule has 3 aliphatic heterocycles. The van der Waals surface area contributed by atoms with Crippen LogP contribution in [0.4, 0.5) is 4.79 Å². The van der Waals surface area contributed by atoms with Crippen LogP contribution in [0.3, 0.4) is 0 Å². The molecule has 1 aromatic rings. The van der Waals surface area contributed by atoms with Crippen molar-refractivity contribution in [3.8, 4) is 5.75 Å². The summed E-state index contributed by atoms with van der Waals surface area (Å²) in [5.74, 6) is 2.68. The van der Waals surface area contributed by atoms with Crippen molar-refractivity contribution in [2.24, 2.45) is 5.92 Å². The van der Waals surface area contributed by atoms with Gasteiger partial charge in [-0.05, 0) is 82.5 Å². The Labute approximate surface area is 282 Å². The third kappa shape index (κ3) is 12.9. The summed E-state index contributed by atoms with van der Waals surface area (Å²) in [6.07, 6.45) is 5.96. The molecule has 1 aromatic carbocycles. The Morgan fingerprint density at radius 3 is 2.37 bits per heavy atom. The third-order valence-corrected chi connectivity index (χ3v) is 11.0. The van der Waals surface area contributed by atoms with E-state index in [-0.39, 0.29) is 24.0 Å². The van der Waals surface area contributed by atoms with E-state index in [0.29, 0.717) is 17.6 Å². The number of rotatable bonds is 21. The van der Waals surface area contributed by atoms with Gasteiger partial charge in [0, 0.05) is 69.8 Å². The number of nitrogens with zero attached hydrogens (tertiary/aromatic N) is 4. The minimum Gasteiger partial charge on any atom is -0.497 e. The lowest BCUT2D eigenvalue weighted by Crippen LogP contribution is -2.47. The topological polar surface area (TPSA) is 92.4 Å². The second-order valence-corrected chi connectivity index (χ2v) is 15.2. The Morgan fingerprint density at radius 1 is 1.00 bits per heavy atom. The molecule has 0 bridgehead atoms.